The molecule has 0 aliphatic carbocycles. The lowest BCUT2D eigenvalue weighted by atomic mass is 10.2. The summed E-state index contributed by atoms with van der Waals surface area (Å²) in [5.74, 6) is 1.03. The highest BCUT2D eigenvalue weighted by atomic mass is 16.5. The quantitative estimate of drug-likeness (QED) is 0.769. The molecule has 7 nitrogen and oxygen atoms in total. The van der Waals surface area contributed by atoms with Crippen LogP contribution in [0.15, 0.2) is 42.9 Å². The van der Waals surface area contributed by atoms with Gasteiger partial charge in [0, 0.05) is 24.2 Å². The lowest BCUT2D eigenvalue weighted by Gasteiger charge is -2.06. The molecule has 0 fully saturated rings. The van der Waals surface area contributed by atoms with Gasteiger partial charge in [-0.3, -0.25) is 4.57 Å². The summed E-state index contributed by atoms with van der Waals surface area (Å²) >= 11 is 0. The van der Waals surface area contributed by atoms with Crippen LogP contribution < -0.4 is 10.1 Å². The molecule has 0 aliphatic heterocycles. The second-order valence-electron chi connectivity index (χ2n) is 4.67. The van der Waals surface area contributed by atoms with Gasteiger partial charge in [0.2, 0.25) is 5.88 Å². The Morgan fingerprint density at radius 2 is 2.18 bits per heavy atom. The van der Waals surface area contributed by atoms with E-state index >= 15 is 0 Å². The molecular weight excluding hydrogens is 284 g/mol. The van der Waals surface area contributed by atoms with Crippen LogP contribution in [0, 0.1) is 0 Å². The van der Waals surface area contributed by atoms with Crippen molar-refractivity contribution in [1.82, 2.24) is 19.9 Å². The van der Waals surface area contributed by atoms with Crippen molar-refractivity contribution < 1.29 is 14.6 Å². The topological polar surface area (TPSA) is 89.3 Å². The first-order valence-corrected chi connectivity index (χ1v) is 6.65. The zero-order valence-electron chi connectivity index (χ0n) is 11.9. The molecule has 0 bridgehead atoms. The third kappa shape index (κ3) is 2.75. The summed E-state index contributed by atoms with van der Waals surface area (Å²) in [5, 5.41) is 12.9. The van der Waals surface area contributed by atoms with Crippen molar-refractivity contribution in [2.24, 2.45) is 0 Å². The van der Waals surface area contributed by atoms with Gasteiger partial charge in [-0.1, -0.05) is 0 Å². The van der Waals surface area contributed by atoms with Crippen LogP contribution in [0.25, 0.3) is 10.9 Å². The third-order valence-electron chi connectivity index (χ3n) is 3.15. The number of nitrogens with one attached hydrogen (secondary N) is 1. The third-order valence-corrected chi connectivity index (χ3v) is 3.15. The lowest BCUT2D eigenvalue weighted by Crippen LogP contribution is -2.07. The zero-order chi connectivity index (χ0) is 15.5. The minimum atomic E-state index is -1.02. The number of hydrogen-bond acceptors (Lipinski definition) is 5. The molecule has 0 amide bonds. The van der Waals surface area contributed by atoms with Crippen LogP contribution in [0.3, 0.4) is 0 Å². The highest BCUT2D eigenvalue weighted by Gasteiger charge is 2.08. The smallest absolute Gasteiger partial charge is 0.415 e. The summed E-state index contributed by atoms with van der Waals surface area (Å²) in [6, 6.07) is 8.66. The minimum absolute atomic E-state index is 0.442. The number of rotatable bonds is 4. The molecule has 0 unspecified atom stereocenters. The van der Waals surface area contributed by atoms with Gasteiger partial charge < -0.3 is 15.2 Å². The van der Waals surface area contributed by atoms with Crippen LogP contribution in [0.5, 0.6) is 11.6 Å². The first-order chi connectivity index (χ1) is 10.7. The zero-order valence-corrected chi connectivity index (χ0v) is 11.9. The van der Waals surface area contributed by atoms with Crippen molar-refractivity contribution >= 4 is 17.0 Å². The Kier molecular flexibility index (Phi) is 3.71. The van der Waals surface area contributed by atoms with Gasteiger partial charge in [-0.2, -0.15) is 0 Å². The first kappa shape index (κ1) is 14.0. The molecule has 7 heteroatoms. The van der Waals surface area contributed by atoms with Crippen molar-refractivity contribution in [1.29, 1.82) is 0 Å². The second-order valence-corrected chi connectivity index (χ2v) is 4.67. The van der Waals surface area contributed by atoms with E-state index in [4.69, 9.17) is 9.84 Å². The Labute approximate surface area is 126 Å². The van der Waals surface area contributed by atoms with E-state index in [1.807, 2.05) is 7.05 Å². The summed E-state index contributed by atoms with van der Waals surface area (Å²) in [4.78, 5) is 19.3. The van der Waals surface area contributed by atoms with Gasteiger partial charge in [-0.05, 0) is 31.3 Å². The Balaban J connectivity index is 1.88. The molecule has 2 N–H and O–H groups in total. The maximum atomic E-state index is 11.1. The fraction of sp³-hybridized carbons (Fsp3) is 0.133. The van der Waals surface area contributed by atoms with Crippen molar-refractivity contribution in [2.75, 3.05) is 7.05 Å². The fourth-order valence-corrected chi connectivity index (χ4v) is 2.18. The van der Waals surface area contributed by atoms with E-state index in [9.17, 15) is 4.79 Å². The molecule has 0 atom stereocenters. The number of aromatic nitrogens is 3. The number of nitrogens with zero attached hydrogens (tertiary/aromatic N) is 3. The van der Waals surface area contributed by atoms with Gasteiger partial charge in [-0.15, -0.1) is 0 Å². The van der Waals surface area contributed by atoms with Crippen LogP contribution in [0.4, 0.5) is 4.79 Å². The molecule has 3 rings (SSSR count). The number of fused-ring (bicyclic) bond motifs is 1. The molecule has 1 aromatic carbocycles. The molecule has 0 radical (unpaired) electrons. The monoisotopic (exact) mass is 298 g/mol. The van der Waals surface area contributed by atoms with Crippen molar-refractivity contribution in [3.8, 4) is 11.6 Å². The van der Waals surface area contributed by atoms with Gasteiger partial charge in [0.05, 0.1) is 11.2 Å². The average Bonchev–Trinajstić information content (AvgIpc) is 2.91. The SMILES string of the molecule is CNCc1cc(Oc2ccc3c(ccn3C(=O)O)c2)ncn1. The summed E-state index contributed by atoms with van der Waals surface area (Å²) in [5.41, 5.74) is 1.43. The average molecular weight is 298 g/mol. The predicted octanol–water partition coefficient (Wildman–Crippen LogP) is 2.47. The minimum Gasteiger partial charge on any atom is -0.464 e. The van der Waals surface area contributed by atoms with E-state index in [-0.39, 0.29) is 0 Å². The summed E-state index contributed by atoms with van der Waals surface area (Å²) in [6.45, 7) is 0.624. The Morgan fingerprint density at radius 1 is 1.32 bits per heavy atom. The van der Waals surface area contributed by atoms with Crippen molar-refractivity contribution in [3.63, 3.8) is 0 Å². The van der Waals surface area contributed by atoms with Gasteiger partial charge in [0.25, 0.3) is 0 Å². The van der Waals surface area contributed by atoms with Crippen LogP contribution in [-0.2, 0) is 6.54 Å². The summed E-state index contributed by atoms with van der Waals surface area (Å²) in [7, 11) is 1.84. The number of carbonyl (C=O) groups is 1. The van der Waals surface area contributed by atoms with E-state index in [0.29, 0.717) is 23.7 Å². The van der Waals surface area contributed by atoms with Gasteiger partial charge in [0.15, 0.2) is 0 Å². The number of ether oxygens (including phenoxy) is 1. The molecule has 22 heavy (non-hydrogen) atoms. The van der Waals surface area contributed by atoms with E-state index in [0.717, 1.165) is 15.6 Å². The molecule has 0 aliphatic rings. The van der Waals surface area contributed by atoms with Crippen molar-refractivity contribution in [3.05, 3.63) is 48.5 Å². The maximum Gasteiger partial charge on any atom is 0.415 e. The van der Waals surface area contributed by atoms with E-state index in [2.05, 4.69) is 15.3 Å². The number of hydrogen-bond donors (Lipinski definition) is 2. The van der Waals surface area contributed by atoms with Gasteiger partial charge in [0.1, 0.15) is 12.1 Å². The van der Waals surface area contributed by atoms with Crippen LogP contribution in [-0.4, -0.2) is 32.8 Å². The molecule has 2 heterocycles. The standard InChI is InChI=1S/C15H14N4O3/c1-16-8-11-7-14(18-9-17-11)22-12-2-3-13-10(6-12)4-5-19(13)15(20)21/h2-7,9,16H,8H2,1H3,(H,20,21). The molecule has 3 aromatic rings. The van der Waals surface area contributed by atoms with Crippen molar-refractivity contribution in [2.45, 2.75) is 6.54 Å². The van der Waals surface area contributed by atoms with Crippen LogP contribution >= 0.6 is 0 Å². The lowest BCUT2D eigenvalue weighted by molar-refractivity contribution is 0.197. The van der Waals surface area contributed by atoms with Crippen LogP contribution in [0.1, 0.15) is 5.69 Å². The van der Waals surface area contributed by atoms with Crippen LogP contribution in [0.2, 0.25) is 0 Å². The second kappa shape index (κ2) is 5.82. The normalized spacial score (nSPS) is 10.8. The molecule has 0 saturated carbocycles. The molecule has 112 valence electrons. The van der Waals surface area contributed by atoms with E-state index < -0.39 is 6.09 Å². The van der Waals surface area contributed by atoms with Gasteiger partial charge in [-0.25, -0.2) is 14.8 Å². The van der Waals surface area contributed by atoms with E-state index in [1.165, 1.54) is 12.5 Å². The molecular formula is C15H14N4O3. The Morgan fingerprint density at radius 3 is 2.95 bits per heavy atom. The predicted molar refractivity (Wildman–Crippen MR) is 80.2 cm³/mol. The highest BCUT2D eigenvalue weighted by Crippen LogP contribution is 2.25. The number of carboxylic acid groups (broad SMARTS) is 1. The molecule has 2 aromatic heterocycles. The fourth-order valence-electron chi connectivity index (χ4n) is 2.18. The largest absolute Gasteiger partial charge is 0.464 e. The summed E-state index contributed by atoms with van der Waals surface area (Å²) in [6.07, 6.45) is 1.93. The van der Waals surface area contributed by atoms with Gasteiger partial charge >= 0.3 is 6.09 Å². The number of benzene rings is 1. The molecule has 0 saturated heterocycles. The Bertz CT molecular complexity index is 829. The van der Waals surface area contributed by atoms with E-state index in [1.54, 1.807) is 30.3 Å². The molecule has 0 spiro atoms. The first-order valence-electron chi connectivity index (χ1n) is 6.65. The Hall–Kier alpha value is -2.93. The summed E-state index contributed by atoms with van der Waals surface area (Å²) < 4.78 is 6.87. The highest BCUT2D eigenvalue weighted by molar-refractivity contribution is 5.89. The maximum absolute atomic E-state index is 11.1.